The zero-order chi connectivity index (χ0) is 30.0. The molecule has 39 heavy (non-hydrogen) atoms. The summed E-state index contributed by atoms with van der Waals surface area (Å²) in [4.78, 5) is 25.0. The highest BCUT2D eigenvalue weighted by Crippen LogP contribution is 2.19. The zero-order valence-electron chi connectivity index (χ0n) is 21.5. The number of nitrogens with zero attached hydrogens (tertiary/aromatic N) is 3. The maximum Gasteiger partial charge on any atom is 0.490 e. The Morgan fingerprint density at radius 3 is 1.79 bits per heavy atom. The first-order chi connectivity index (χ1) is 17.8. The highest BCUT2D eigenvalue weighted by molar-refractivity contribution is 7.91. The fourth-order valence-corrected chi connectivity index (χ4v) is 5.64. The third-order valence-corrected chi connectivity index (χ3v) is 7.82. The smallest absolute Gasteiger partial charge is 0.475 e. The molecule has 224 valence electrons. The van der Waals surface area contributed by atoms with Gasteiger partial charge in [0, 0.05) is 37.9 Å². The molecule has 1 atom stereocenters. The van der Waals surface area contributed by atoms with E-state index in [0.717, 1.165) is 52.1 Å². The molecule has 0 aliphatic carbocycles. The molecule has 2 heterocycles. The normalized spacial score (nSPS) is 19.5. The molecule has 0 radical (unpaired) electrons. The van der Waals surface area contributed by atoms with Gasteiger partial charge in [-0.2, -0.15) is 26.3 Å². The van der Waals surface area contributed by atoms with Gasteiger partial charge in [-0.25, -0.2) is 18.0 Å². The summed E-state index contributed by atoms with van der Waals surface area (Å²) >= 11 is 0. The van der Waals surface area contributed by atoms with E-state index in [2.05, 4.69) is 52.9 Å². The Labute approximate surface area is 222 Å². The van der Waals surface area contributed by atoms with E-state index in [9.17, 15) is 34.8 Å². The van der Waals surface area contributed by atoms with Crippen molar-refractivity contribution in [2.75, 3.05) is 62.7 Å². The van der Waals surface area contributed by atoms with Gasteiger partial charge in [-0.1, -0.05) is 17.7 Å². The number of hydrogen-bond acceptors (Lipinski definition) is 7. The number of aliphatic carboxylic acids is 2. The van der Waals surface area contributed by atoms with Gasteiger partial charge in [-0.05, 0) is 52.0 Å². The summed E-state index contributed by atoms with van der Waals surface area (Å²) in [5.41, 5.74) is 2.63. The fourth-order valence-electron chi connectivity index (χ4n) is 3.83. The summed E-state index contributed by atoms with van der Waals surface area (Å²) in [6, 6.07) is 9.02. The summed E-state index contributed by atoms with van der Waals surface area (Å²) in [5, 5.41) is 14.2. The van der Waals surface area contributed by atoms with Crippen molar-refractivity contribution in [3.05, 3.63) is 29.8 Å². The van der Waals surface area contributed by atoms with Crippen LogP contribution >= 0.6 is 0 Å². The summed E-state index contributed by atoms with van der Waals surface area (Å²) in [7, 11) is -0.709. The monoisotopic (exact) mass is 593 g/mol. The molecule has 2 N–H and O–H groups in total. The Hall–Kier alpha value is -2.59. The van der Waals surface area contributed by atoms with Crippen LogP contribution in [0.1, 0.15) is 18.4 Å². The first-order valence-corrected chi connectivity index (χ1v) is 13.7. The third-order valence-electron chi connectivity index (χ3n) is 6.07. The number of halogens is 6. The minimum absolute atomic E-state index is 0.225. The maximum atomic E-state index is 11.6. The molecule has 16 heteroatoms. The highest BCUT2D eigenvalue weighted by atomic mass is 32.2. The summed E-state index contributed by atoms with van der Waals surface area (Å²) in [6.45, 7) is 8.59. The van der Waals surface area contributed by atoms with Gasteiger partial charge in [-0.3, -0.25) is 4.90 Å². The quantitative estimate of drug-likeness (QED) is 0.480. The Balaban J connectivity index is 0.000000449. The average Bonchev–Trinajstić information content (AvgIpc) is 3.19. The van der Waals surface area contributed by atoms with Gasteiger partial charge in [0.25, 0.3) is 0 Å². The molecule has 0 saturated carbocycles. The van der Waals surface area contributed by atoms with Gasteiger partial charge in [0.15, 0.2) is 9.84 Å². The van der Waals surface area contributed by atoms with E-state index in [1.54, 1.807) is 0 Å². The summed E-state index contributed by atoms with van der Waals surface area (Å²) < 4.78 is 86.7. The Bertz CT molecular complexity index is 1000. The minimum atomic E-state index is -5.08. The second kappa shape index (κ2) is 14.7. The van der Waals surface area contributed by atoms with Crippen molar-refractivity contribution in [3.63, 3.8) is 0 Å². The molecule has 2 aliphatic heterocycles. The number of carbonyl (C=O) groups is 2. The molecule has 9 nitrogen and oxygen atoms in total. The number of piperazine rings is 1. The van der Waals surface area contributed by atoms with Crippen LogP contribution in [0.4, 0.5) is 32.0 Å². The topological polar surface area (TPSA) is 118 Å². The summed E-state index contributed by atoms with van der Waals surface area (Å²) in [6.07, 6.45) is -8.26. The predicted octanol–water partition coefficient (Wildman–Crippen LogP) is 2.89. The van der Waals surface area contributed by atoms with Crippen molar-refractivity contribution in [2.45, 2.75) is 38.2 Å². The minimum Gasteiger partial charge on any atom is -0.475 e. The van der Waals surface area contributed by atoms with Crippen LogP contribution in [0.3, 0.4) is 0 Å². The number of aryl methyl sites for hydroxylation is 1. The number of alkyl halides is 6. The number of carboxylic acid groups (broad SMARTS) is 2. The number of hydrogen-bond donors (Lipinski definition) is 2. The lowest BCUT2D eigenvalue weighted by molar-refractivity contribution is -0.193. The molecule has 2 aliphatic rings. The third kappa shape index (κ3) is 13.4. The molecule has 0 aromatic heterocycles. The van der Waals surface area contributed by atoms with Crippen molar-refractivity contribution >= 4 is 27.5 Å². The molecule has 0 bridgehead atoms. The molecule has 1 unspecified atom stereocenters. The molecule has 0 amide bonds. The van der Waals surface area contributed by atoms with E-state index in [4.69, 9.17) is 19.8 Å². The Morgan fingerprint density at radius 1 is 0.949 bits per heavy atom. The van der Waals surface area contributed by atoms with Crippen molar-refractivity contribution in [1.82, 2.24) is 9.80 Å². The van der Waals surface area contributed by atoms with Gasteiger partial charge >= 0.3 is 24.3 Å². The lowest BCUT2D eigenvalue weighted by atomic mass is 10.2. The van der Waals surface area contributed by atoms with E-state index >= 15 is 0 Å². The molecular weight excluding hydrogens is 560 g/mol. The molecular formula is C23H33F6N3O6S. The van der Waals surface area contributed by atoms with Crippen molar-refractivity contribution in [2.24, 2.45) is 0 Å². The van der Waals surface area contributed by atoms with Crippen molar-refractivity contribution < 1.29 is 54.6 Å². The summed E-state index contributed by atoms with van der Waals surface area (Å²) in [5.74, 6) is -4.80. The van der Waals surface area contributed by atoms with Crippen LogP contribution in [0.25, 0.3) is 0 Å². The fraction of sp³-hybridized carbons (Fsp3) is 0.652. The molecule has 2 fully saturated rings. The lowest BCUT2D eigenvalue weighted by Crippen LogP contribution is -2.47. The molecule has 2 saturated heterocycles. The van der Waals surface area contributed by atoms with Crippen LogP contribution in [0.15, 0.2) is 24.3 Å². The van der Waals surface area contributed by atoms with Crippen molar-refractivity contribution in [3.8, 4) is 0 Å². The van der Waals surface area contributed by atoms with Gasteiger partial charge in [0.1, 0.15) is 0 Å². The number of anilines is 1. The predicted molar refractivity (Wildman–Crippen MR) is 132 cm³/mol. The average molecular weight is 594 g/mol. The van der Waals surface area contributed by atoms with Gasteiger partial charge < -0.3 is 20.0 Å². The van der Waals surface area contributed by atoms with E-state index in [1.807, 2.05) is 0 Å². The van der Waals surface area contributed by atoms with Gasteiger partial charge in [-0.15, -0.1) is 0 Å². The van der Waals surface area contributed by atoms with E-state index in [0.29, 0.717) is 11.5 Å². The van der Waals surface area contributed by atoms with Gasteiger partial charge in [0.2, 0.25) is 0 Å². The van der Waals surface area contributed by atoms with Crippen LogP contribution in [0.2, 0.25) is 0 Å². The number of sulfone groups is 1. The number of benzene rings is 1. The molecule has 1 aromatic carbocycles. The largest absolute Gasteiger partial charge is 0.490 e. The molecule has 0 spiro atoms. The number of rotatable bonds is 6. The van der Waals surface area contributed by atoms with E-state index in [1.165, 1.54) is 11.3 Å². The second-order valence-corrected chi connectivity index (χ2v) is 11.4. The molecule has 3 rings (SSSR count). The van der Waals surface area contributed by atoms with E-state index < -0.39 is 34.1 Å². The first kappa shape index (κ1) is 34.4. The lowest BCUT2D eigenvalue weighted by Gasteiger charge is -2.36. The Kier molecular flexibility index (Phi) is 13.0. The van der Waals surface area contributed by atoms with Crippen molar-refractivity contribution in [1.29, 1.82) is 0 Å². The molecule has 1 aromatic rings. The zero-order valence-corrected chi connectivity index (χ0v) is 22.3. The van der Waals surface area contributed by atoms with Crippen LogP contribution in [0.5, 0.6) is 0 Å². The van der Waals surface area contributed by atoms with Crippen LogP contribution in [-0.2, 0) is 19.4 Å². The van der Waals surface area contributed by atoms with Crippen LogP contribution < -0.4 is 4.90 Å². The second-order valence-electron chi connectivity index (χ2n) is 9.16. The van der Waals surface area contributed by atoms with Gasteiger partial charge in [0.05, 0.1) is 11.5 Å². The van der Waals surface area contributed by atoms with Crippen LogP contribution in [-0.4, -0.2) is 117 Å². The maximum absolute atomic E-state index is 11.6. The first-order valence-electron chi connectivity index (χ1n) is 11.9. The SMILES string of the molecule is Cc1ccc(N2CCN(CCCN(C)C3CCS(=O)(=O)C3)CC2)cc1.O=C(O)C(F)(F)F.O=C(O)C(F)(F)F. The van der Waals surface area contributed by atoms with E-state index in [-0.39, 0.29) is 6.04 Å². The standard InChI is InChI=1S/C19H31N3O2S.2C2HF3O2/c1-17-4-6-18(7-5-17)22-13-11-21(12-14-22)10-3-9-20(2)19-8-15-25(23,24)16-19;2*3-2(4,5)1(6)7/h4-7,19H,3,8-16H2,1-2H3;2*(H,6,7). The highest BCUT2D eigenvalue weighted by Gasteiger charge is 2.39. The Morgan fingerprint density at radius 2 is 1.41 bits per heavy atom. The number of carboxylic acids is 2. The van der Waals surface area contributed by atoms with Crippen LogP contribution in [0, 0.1) is 6.92 Å².